The summed E-state index contributed by atoms with van der Waals surface area (Å²) in [7, 11) is -7.02. The molecule has 24 heavy (non-hydrogen) atoms. The van der Waals surface area contributed by atoms with Crippen molar-refractivity contribution in [2.45, 2.75) is 28.5 Å². The first-order chi connectivity index (χ1) is 11.0. The lowest BCUT2D eigenvalue weighted by atomic mass is 10.2. The van der Waals surface area contributed by atoms with E-state index < -0.39 is 36.6 Å². The molecule has 0 spiro atoms. The zero-order valence-corrected chi connectivity index (χ0v) is 14.4. The van der Waals surface area contributed by atoms with Crippen LogP contribution in [0.2, 0.25) is 0 Å². The van der Waals surface area contributed by atoms with Gasteiger partial charge in [-0.2, -0.15) is 13.9 Å². The Bertz CT molecular complexity index is 922. The van der Waals surface area contributed by atoms with Crippen molar-refractivity contribution in [3.63, 3.8) is 0 Å². The summed E-state index contributed by atoms with van der Waals surface area (Å²) in [6.07, 6.45) is 3.15. The predicted octanol–water partition coefficient (Wildman–Crippen LogP) is 1.46. The molecule has 0 saturated carbocycles. The molecule has 0 aliphatic heterocycles. The van der Waals surface area contributed by atoms with E-state index in [0.29, 0.717) is 5.56 Å². The van der Waals surface area contributed by atoms with Crippen LogP contribution in [0.15, 0.2) is 46.5 Å². The maximum Gasteiger partial charge on any atom is 0.341 e. The molecule has 0 bridgehead atoms. The van der Waals surface area contributed by atoms with E-state index in [0.717, 1.165) is 24.3 Å². The van der Waals surface area contributed by atoms with Gasteiger partial charge in [-0.3, -0.25) is 4.68 Å². The van der Waals surface area contributed by atoms with Crippen LogP contribution in [0.4, 0.5) is 8.78 Å². The fourth-order valence-electron chi connectivity index (χ4n) is 1.94. The Morgan fingerprint density at radius 1 is 1.08 bits per heavy atom. The molecule has 132 valence electrons. The van der Waals surface area contributed by atoms with E-state index in [9.17, 15) is 25.6 Å². The normalized spacial score (nSPS) is 14.0. The third kappa shape index (κ3) is 3.79. The first kappa shape index (κ1) is 18.5. The number of aromatic nitrogens is 2. The molecular formula is C13H15F2N3O4S2. The van der Waals surface area contributed by atoms with E-state index >= 15 is 0 Å². The van der Waals surface area contributed by atoms with Gasteiger partial charge in [0.1, 0.15) is 0 Å². The first-order valence-corrected chi connectivity index (χ1v) is 9.70. The lowest BCUT2D eigenvalue weighted by Gasteiger charge is -2.13. The van der Waals surface area contributed by atoms with E-state index in [-0.39, 0.29) is 4.90 Å². The Hall–Kier alpha value is -1.85. The highest BCUT2D eigenvalue weighted by molar-refractivity contribution is 7.91. The third-order valence-corrected chi connectivity index (χ3v) is 6.21. The van der Waals surface area contributed by atoms with E-state index in [1.807, 2.05) is 0 Å². The zero-order valence-electron chi connectivity index (χ0n) is 12.7. The quantitative estimate of drug-likeness (QED) is 0.819. The number of sulfonamides is 1. The molecule has 0 unspecified atom stereocenters. The van der Waals surface area contributed by atoms with Gasteiger partial charge < -0.3 is 0 Å². The van der Waals surface area contributed by atoms with Crippen LogP contribution in [0.1, 0.15) is 18.5 Å². The summed E-state index contributed by atoms with van der Waals surface area (Å²) in [5, 5.41) is 3.94. The van der Waals surface area contributed by atoms with Crippen LogP contribution >= 0.6 is 0 Å². The maximum absolute atomic E-state index is 12.5. The summed E-state index contributed by atoms with van der Waals surface area (Å²) in [5.74, 6) is -3.57. The van der Waals surface area contributed by atoms with E-state index in [2.05, 4.69) is 9.82 Å². The van der Waals surface area contributed by atoms with Gasteiger partial charge in [0.2, 0.25) is 19.9 Å². The van der Waals surface area contributed by atoms with Crippen LogP contribution in [0.3, 0.4) is 0 Å². The minimum absolute atomic E-state index is 0.230. The summed E-state index contributed by atoms with van der Waals surface area (Å²) in [5.41, 5.74) is 0.637. The molecular weight excluding hydrogens is 364 g/mol. The maximum atomic E-state index is 12.5. The lowest BCUT2D eigenvalue weighted by molar-refractivity contribution is 0.234. The van der Waals surface area contributed by atoms with Gasteiger partial charge in [0.25, 0.3) is 0 Å². The third-order valence-electron chi connectivity index (χ3n) is 3.25. The summed E-state index contributed by atoms with van der Waals surface area (Å²) < 4.78 is 76.1. The van der Waals surface area contributed by atoms with Crippen LogP contribution in [0.25, 0.3) is 0 Å². The molecule has 7 nitrogen and oxygen atoms in total. The molecule has 1 aromatic heterocycles. The number of benzene rings is 1. The minimum atomic E-state index is -4.76. The Labute approximate surface area is 138 Å². The standard InChI is InChI=1S/C13H15F2N3O4S2/c1-9(10-7-16-18(2)8-10)17-24(21,22)12-5-3-11(4-6-12)23(19,20)13(14)15/h3-9,13,17H,1-2H3/t9-/m0/s1. The van der Waals surface area contributed by atoms with Gasteiger partial charge in [0, 0.05) is 24.8 Å². The monoisotopic (exact) mass is 379 g/mol. The van der Waals surface area contributed by atoms with E-state index in [1.165, 1.54) is 10.9 Å². The number of nitrogens with zero attached hydrogens (tertiary/aromatic N) is 2. The Balaban J connectivity index is 2.24. The highest BCUT2D eigenvalue weighted by Crippen LogP contribution is 2.21. The molecule has 0 aliphatic carbocycles. The second kappa shape index (κ2) is 6.57. The van der Waals surface area contributed by atoms with Gasteiger partial charge in [0.05, 0.1) is 16.0 Å². The van der Waals surface area contributed by atoms with Crippen molar-refractivity contribution in [2.24, 2.45) is 7.05 Å². The van der Waals surface area contributed by atoms with Gasteiger partial charge in [-0.05, 0) is 31.2 Å². The van der Waals surface area contributed by atoms with E-state index in [4.69, 9.17) is 0 Å². The fourth-order valence-corrected chi connectivity index (χ4v) is 3.90. The van der Waals surface area contributed by atoms with Crippen LogP contribution in [-0.2, 0) is 26.9 Å². The predicted molar refractivity (Wildman–Crippen MR) is 81.6 cm³/mol. The van der Waals surface area contributed by atoms with Crippen LogP contribution in [0, 0.1) is 0 Å². The van der Waals surface area contributed by atoms with Crippen molar-refractivity contribution in [1.82, 2.24) is 14.5 Å². The molecule has 0 radical (unpaired) electrons. The first-order valence-electron chi connectivity index (χ1n) is 6.67. The van der Waals surface area contributed by atoms with Crippen molar-refractivity contribution in [3.8, 4) is 0 Å². The second-order valence-corrected chi connectivity index (χ2v) is 8.70. The Kier molecular flexibility index (Phi) is 5.06. The van der Waals surface area contributed by atoms with Crippen molar-refractivity contribution in [2.75, 3.05) is 0 Å². The van der Waals surface area contributed by atoms with Gasteiger partial charge in [-0.25, -0.2) is 21.6 Å². The van der Waals surface area contributed by atoms with Crippen molar-refractivity contribution in [3.05, 3.63) is 42.2 Å². The number of hydrogen-bond donors (Lipinski definition) is 1. The van der Waals surface area contributed by atoms with Crippen LogP contribution < -0.4 is 4.72 Å². The number of rotatable bonds is 6. The summed E-state index contributed by atoms with van der Waals surface area (Å²) in [6, 6.07) is 3.03. The number of sulfone groups is 1. The van der Waals surface area contributed by atoms with Crippen molar-refractivity contribution in [1.29, 1.82) is 0 Å². The Morgan fingerprint density at radius 3 is 2.08 bits per heavy atom. The molecule has 1 atom stereocenters. The number of halogens is 2. The largest absolute Gasteiger partial charge is 0.341 e. The molecule has 1 N–H and O–H groups in total. The summed E-state index contributed by atoms with van der Waals surface area (Å²) in [6.45, 7) is 1.62. The number of nitrogens with one attached hydrogen (secondary N) is 1. The highest BCUT2D eigenvalue weighted by atomic mass is 32.2. The van der Waals surface area contributed by atoms with Crippen LogP contribution in [0.5, 0.6) is 0 Å². The lowest BCUT2D eigenvalue weighted by Crippen LogP contribution is -2.26. The molecule has 1 heterocycles. The fraction of sp³-hybridized carbons (Fsp3) is 0.308. The molecule has 0 amide bonds. The van der Waals surface area contributed by atoms with Crippen molar-refractivity contribution < 1.29 is 25.6 Å². The van der Waals surface area contributed by atoms with Gasteiger partial charge in [0.15, 0.2) is 0 Å². The topological polar surface area (TPSA) is 98.1 Å². The molecule has 0 fully saturated rings. The second-order valence-electron chi connectivity index (χ2n) is 5.07. The number of aryl methyl sites for hydroxylation is 1. The molecule has 2 aromatic rings. The zero-order chi connectivity index (χ0) is 18.1. The molecule has 2 rings (SSSR count). The smallest absolute Gasteiger partial charge is 0.275 e. The number of hydrogen-bond acceptors (Lipinski definition) is 5. The van der Waals surface area contributed by atoms with E-state index in [1.54, 1.807) is 20.2 Å². The summed E-state index contributed by atoms with van der Waals surface area (Å²) >= 11 is 0. The van der Waals surface area contributed by atoms with Crippen LogP contribution in [-0.4, -0.2) is 32.4 Å². The summed E-state index contributed by atoms with van der Waals surface area (Å²) in [4.78, 5) is -0.872. The number of alkyl halides is 2. The highest BCUT2D eigenvalue weighted by Gasteiger charge is 2.27. The molecule has 0 saturated heterocycles. The average molecular weight is 379 g/mol. The van der Waals surface area contributed by atoms with Gasteiger partial charge >= 0.3 is 5.76 Å². The van der Waals surface area contributed by atoms with Gasteiger partial charge in [-0.1, -0.05) is 0 Å². The molecule has 1 aromatic carbocycles. The SMILES string of the molecule is C[C@H](NS(=O)(=O)c1ccc(S(=O)(=O)C(F)F)cc1)c1cnn(C)c1. The van der Waals surface area contributed by atoms with Crippen molar-refractivity contribution >= 4 is 19.9 Å². The minimum Gasteiger partial charge on any atom is -0.275 e. The molecule has 0 aliphatic rings. The Morgan fingerprint density at radius 2 is 1.62 bits per heavy atom. The molecule has 11 heteroatoms. The van der Waals surface area contributed by atoms with Gasteiger partial charge in [-0.15, -0.1) is 0 Å². The average Bonchev–Trinajstić information content (AvgIpc) is 2.93.